The number of ether oxygens (including phenoxy) is 2. The van der Waals surface area contributed by atoms with Gasteiger partial charge < -0.3 is 19.7 Å². The Hall–Kier alpha value is -0.650. The monoisotopic (exact) mass is 228 g/mol. The highest BCUT2D eigenvalue weighted by Crippen LogP contribution is 2.12. The molecule has 0 aromatic carbocycles. The predicted molar refractivity (Wildman–Crippen MR) is 59.2 cm³/mol. The van der Waals surface area contributed by atoms with Gasteiger partial charge in [0.05, 0.1) is 25.4 Å². The number of nitrogens with zero attached hydrogens (tertiary/aromatic N) is 1. The van der Waals surface area contributed by atoms with E-state index < -0.39 is 0 Å². The molecule has 0 aliphatic carbocycles. The standard InChI is InChI=1S/C11H20N2O3/c1-8-5-13(6-9(2)16-8)11(14)10-7-15-4-3-12-10/h8-10,12H,3-7H2,1-2H3/t8-,9+,10?. The third-order valence-electron chi connectivity index (χ3n) is 2.95. The van der Waals surface area contributed by atoms with E-state index in [9.17, 15) is 4.79 Å². The molecule has 2 rings (SSSR count). The van der Waals surface area contributed by atoms with Gasteiger partial charge in [0.15, 0.2) is 0 Å². The van der Waals surface area contributed by atoms with E-state index in [1.807, 2.05) is 18.7 Å². The lowest BCUT2D eigenvalue weighted by molar-refractivity contribution is -0.148. The van der Waals surface area contributed by atoms with Crippen molar-refractivity contribution < 1.29 is 14.3 Å². The lowest BCUT2D eigenvalue weighted by Crippen LogP contribution is -2.57. The molecule has 2 aliphatic rings. The van der Waals surface area contributed by atoms with Crippen LogP contribution in [0.1, 0.15) is 13.8 Å². The van der Waals surface area contributed by atoms with Gasteiger partial charge in [0.1, 0.15) is 6.04 Å². The largest absolute Gasteiger partial charge is 0.378 e. The first-order chi connectivity index (χ1) is 7.66. The second-order valence-corrected chi connectivity index (χ2v) is 4.58. The van der Waals surface area contributed by atoms with E-state index in [-0.39, 0.29) is 24.2 Å². The van der Waals surface area contributed by atoms with Crippen molar-refractivity contribution in [3.8, 4) is 0 Å². The molecule has 5 heteroatoms. The zero-order valence-corrected chi connectivity index (χ0v) is 9.94. The Morgan fingerprint density at radius 1 is 1.31 bits per heavy atom. The summed E-state index contributed by atoms with van der Waals surface area (Å²) in [4.78, 5) is 14.1. The molecule has 16 heavy (non-hydrogen) atoms. The van der Waals surface area contributed by atoms with Crippen LogP contribution in [-0.2, 0) is 14.3 Å². The van der Waals surface area contributed by atoms with Crippen molar-refractivity contribution >= 4 is 5.91 Å². The van der Waals surface area contributed by atoms with E-state index in [2.05, 4.69) is 5.32 Å². The number of hydrogen-bond donors (Lipinski definition) is 1. The van der Waals surface area contributed by atoms with Gasteiger partial charge in [-0.15, -0.1) is 0 Å². The summed E-state index contributed by atoms with van der Waals surface area (Å²) in [6.45, 7) is 7.30. The minimum Gasteiger partial charge on any atom is -0.378 e. The van der Waals surface area contributed by atoms with Crippen LogP contribution in [-0.4, -0.2) is 61.9 Å². The molecule has 92 valence electrons. The Kier molecular flexibility index (Phi) is 3.78. The van der Waals surface area contributed by atoms with Crippen LogP contribution in [0.15, 0.2) is 0 Å². The molecule has 0 spiro atoms. The van der Waals surface area contributed by atoms with Crippen molar-refractivity contribution in [1.82, 2.24) is 10.2 Å². The van der Waals surface area contributed by atoms with Gasteiger partial charge in [0, 0.05) is 19.6 Å². The molecule has 1 amide bonds. The normalized spacial score (nSPS) is 36.1. The average Bonchev–Trinajstić information content (AvgIpc) is 2.28. The molecule has 1 unspecified atom stereocenters. The van der Waals surface area contributed by atoms with Crippen molar-refractivity contribution in [2.75, 3.05) is 32.8 Å². The summed E-state index contributed by atoms with van der Waals surface area (Å²) in [5, 5.41) is 3.19. The summed E-state index contributed by atoms with van der Waals surface area (Å²) >= 11 is 0. The molecule has 0 bridgehead atoms. The van der Waals surface area contributed by atoms with Crippen molar-refractivity contribution in [2.24, 2.45) is 0 Å². The molecule has 0 radical (unpaired) electrons. The molecule has 2 aliphatic heterocycles. The van der Waals surface area contributed by atoms with Crippen molar-refractivity contribution in [1.29, 1.82) is 0 Å². The summed E-state index contributed by atoms with van der Waals surface area (Å²) < 4.78 is 10.9. The average molecular weight is 228 g/mol. The van der Waals surface area contributed by atoms with E-state index in [1.165, 1.54) is 0 Å². The number of morpholine rings is 2. The van der Waals surface area contributed by atoms with Gasteiger partial charge in [0.2, 0.25) is 5.91 Å². The Bertz CT molecular complexity index is 244. The number of hydrogen-bond acceptors (Lipinski definition) is 4. The zero-order chi connectivity index (χ0) is 11.5. The Morgan fingerprint density at radius 3 is 2.56 bits per heavy atom. The molecule has 3 atom stereocenters. The summed E-state index contributed by atoms with van der Waals surface area (Å²) in [5.74, 6) is 0.140. The van der Waals surface area contributed by atoms with Crippen molar-refractivity contribution in [2.45, 2.75) is 32.1 Å². The van der Waals surface area contributed by atoms with Crippen LogP contribution in [0.3, 0.4) is 0 Å². The first-order valence-electron chi connectivity index (χ1n) is 5.92. The molecule has 0 aromatic rings. The number of rotatable bonds is 1. The lowest BCUT2D eigenvalue weighted by atomic mass is 10.2. The smallest absolute Gasteiger partial charge is 0.242 e. The highest BCUT2D eigenvalue weighted by molar-refractivity contribution is 5.82. The van der Waals surface area contributed by atoms with Gasteiger partial charge in [-0.1, -0.05) is 0 Å². The van der Waals surface area contributed by atoms with Crippen molar-refractivity contribution in [3.05, 3.63) is 0 Å². The highest BCUT2D eigenvalue weighted by atomic mass is 16.5. The summed E-state index contributed by atoms with van der Waals surface area (Å²) in [6.07, 6.45) is 0.245. The van der Waals surface area contributed by atoms with Crippen LogP contribution in [0.2, 0.25) is 0 Å². The minimum atomic E-state index is -0.175. The quantitative estimate of drug-likeness (QED) is 0.664. The fraction of sp³-hybridized carbons (Fsp3) is 0.909. The third-order valence-corrected chi connectivity index (χ3v) is 2.95. The molecule has 5 nitrogen and oxygen atoms in total. The van der Waals surface area contributed by atoms with Crippen LogP contribution in [0.5, 0.6) is 0 Å². The van der Waals surface area contributed by atoms with Gasteiger partial charge in [0.25, 0.3) is 0 Å². The first-order valence-corrected chi connectivity index (χ1v) is 5.92. The second kappa shape index (κ2) is 5.12. The maximum atomic E-state index is 12.2. The summed E-state index contributed by atoms with van der Waals surface area (Å²) in [7, 11) is 0. The molecule has 2 heterocycles. The number of amides is 1. The molecule has 2 fully saturated rings. The van der Waals surface area contributed by atoms with Crippen LogP contribution in [0, 0.1) is 0 Å². The third kappa shape index (κ3) is 2.72. The zero-order valence-electron chi connectivity index (χ0n) is 9.94. The molecular weight excluding hydrogens is 208 g/mol. The van der Waals surface area contributed by atoms with Gasteiger partial charge >= 0.3 is 0 Å². The predicted octanol–water partition coefficient (Wildman–Crippen LogP) is -0.389. The topological polar surface area (TPSA) is 50.8 Å². The molecule has 0 saturated carbocycles. The van der Waals surface area contributed by atoms with Gasteiger partial charge in [-0.3, -0.25) is 4.79 Å². The molecule has 2 saturated heterocycles. The molecule has 1 N–H and O–H groups in total. The van der Waals surface area contributed by atoms with Crippen LogP contribution in [0.25, 0.3) is 0 Å². The number of carbonyl (C=O) groups excluding carboxylic acids is 1. The summed E-state index contributed by atoms with van der Waals surface area (Å²) in [6, 6.07) is -0.175. The van der Waals surface area contributed by atoms with Gasteiger partial charge in [-0.25, -0.2) is 0 Å². The minimum absolute atomic E-state index is 0.122. The Labute approximate surface area is 96.1 Å². The first kappa shape index (κ1) is 11.8. The van der Waals surface area contributed by atoms with Crippen molar-refractivity contribution in [3.63, 3.8) is 0 Å². The SMILES string of the molecule is C[C@@H]1CN(C(=O)C2COCCN2)C[C@H](C)O1. The molecule has 0 aromatic heterocycles. The highest BCUT2D eigenvalue weighted by Gasteiger charge is 2.31. The maximum Gasteiger partial charge on any atom is 0.242 e. The van der Waals surface area contributed by atoms with Crippen LogP contribution in [0.4, 0.5) is 0 Å². The fourth-order valence-corrected chi connectivity index (χ4v) is 2.30. The Morgan fingerprint density at radius 2 is 2.00 bits per heavy atom. The van der Waals surface area contributed by atoms with Gasteiger partial charge in [-0.05, 0) is 13.8 Å². The van der Waals surface area contributed by atoms with E-state index in [0.29, 0.717) is 26.3 Å². The van der Waals surface area contributed by atoms with Crippen LogP contribution >= 0.6 is 0 Å². The fourth-order valence-electron chi connectivity index (χ4n) is 2.30. The number of carbonyl (C=O) groups is 1. The molecular formula is C11H20N2O3. The van der Waals surface area contributed by atoms with E-state index in [0.717, 1.165) is 6.54 Å². The van der Waals surface area contributed by atoms with Gasteiger partial charge in [-0.2, -0.15) is 0 Å². The number of nitrogens with one attached hydrogen (secondary N) is 1. The van der Waals surface area contributed by atoms with E-state index in [1.54, 1.807) is 0 Å². The lowest BCUT2D eigenvalue weighted by Gasteiger charge is -2.37. The van der Waals surface area contributed by atoms with E-state index in [4.69, 9.17) is 9.47 Å². The second-order valence-electron chi connectivity index (χ2n) is 4.58. The van der Waals surface area contributed by atoms with E-state index >= 15 is 0 Å². The Balaban J connectivity index is 1.92. The maximum absolute atomic E-state index is 12.2. The summed E-state index contributed by atoms with van der Waals surface area (Å²) in [5.41, 5.74) is 0. The van der Waals surface area contributed by atoms with Crippen LogP contribution < -0.4 is 5.32 Å².